The number of nitrogen functional groups attached to an aromatic ring is 1. The van der Waals surface area contributed by atoms with Crippen molar-refractivity contribution in [2.24, 2.45) is 0 Å². The normalized spacial score (nSPS) is 10.2. The molecule has 0 unspecified atom stereocenters. The third kappa shape index (κ3) is 2.00. The van der Waals surface area contributed by atoms with E-state index in [1.807, 2.05) is 0 Å². The molecule has 0 fully saturated rings. The number of hydrogen-bond acceptors (Lipinski definition) is 6. The molecular formula is C10H9ClN2O5. The summed E-state index contributed by atoms with van der Waals surface area (Å²) in [6, 6.07) is 0. The van der Waals surface area contributed by atoms with E-state index in [1.165, 1.54) is 0 Å². The maximum Gasteiger partial charge on any atom is 0.323 e. The number of aromatic hydroxyl groups is 1. The highest BCUT2D eigenvalue weighted by Gasteiger charge is 2.32. The Morgan fingerprint density at radius 2 is 1.72 bits per heavy atom. The summed E-state index contributed by atoms with van der Waals surface area (Å²) in [5, 5.41) is 20.2. The number of phenols is 1. The van der Waals surface area contributed by atoms with Crippen LogP contribution in [0.1, 0.15) is 34.6 Å². The lowest BCUT2D eigenvalue weighted by Gasteiger charge is -2.11. The van der Waals surface area contributed by atoms with E-state index in [2.05, 4.69) is 0 Å². The summed E-state index contributed by atoms with van der Waals surface area (Å²) in [6.45, 7) is 2.11. The minimum absolute atomic E-state index is 0.350. The second-order valence-corrected chi connectivity index (χ2v) is 3.92. The van der Waals surface area contributed by atoms with Crippen LogP contribution in [0.15, 0.2) is 0 Å². The molecule has 0 saturated carbocycles. The lowest BCUT2D eigenvalue weighted by atomic mass is 10.00. The van der Waals surface area contributed by atoms with Crippen LogP contribution < -0.4 is 5.73 Å². The van der Waals surface area contributed by atoms with Crippen molar-refractivity contribution >= 4 is 34.5 Å². The Morgan fingerprint density at radius 3 is 2.06 bits per heavy atom. The highest BCUT2D eigenvalue weighted by Crippen LogP contribution is 2.43. The number of carbonyl (C=O) groups is 2. The van der Waals surface area contributed by atoms with E-state index in [0.29, 0.717) is 0 Å². The largest absolute Gasteiger partial charge is 0.502 e. The summed E-state index contributed by atoms with van der Waals surface area (Å²) in [5.41, 5.74) is 3.27. The van der Waals surface area contributed by atoms with Gasteiger partial charge in [-0.3, -0.25) is 19.7 Å². The molecule has 7 nitrogen and oxygen atoms in total. The summed E-state index contributed by atoms with van der Waals surface area (Å²) in [7, 11) is 0. The first-order chi connectivity index (χ1) is 8.20. The molecule has 0 aliphatic carbocycles. The number of halogens is 1. The molecule has 0 spiro atoms. The molecule has 0 aliphatic heterocycles. The monoisotopic (exact) mass is 272 g/mol. The predicted molar refractivity (Wildman–Crippen MR) is 64.2 cm³/mol. The Balaban J connectivity index is 3.94. The molecule has 0 radical (unpaired) electrons. The van der Waals surface area contributed by atoms with E-state index < -0.39 is 44.1 Å². The molecule has 1 aromatic rings. The van der Waals surface area contributed by atoms with Gasteiger partial charge in [0.15, 0.2) is 11.6 Å². The van der Waals surface area contributed by atoms with Gasteiger partial charge in [-0.15, -0.1) is 0 Å². The zero-order chi connectivity index (χ0) is 14.2. The molecule has 1 rings (SSSR count). The minimum Gasteiger partial charge on any atom is -0.502 e. The molecule has 3 N–H and O–H groups in total. The van der Waals surface area contributed by atoms with Crippen molar-refractivity contribution < 1.29 is 19.6 Å². The lowest BCUT2D eigenvalue weighted by Crippen LogP contribution is -2.09. The van der Waals surface area contributed by atoms with Crippen LogP contribution in [0, 0.1) is 10.1 Å². The number of nitrogens with two attached hydrogens (primary N) is 1. The first-order valence-corrected chi connectivity index (χ1v) is 5.08. The van der Waals surface area contributed by atoms with E-state index in [-0.39, 0.29) is 5.69 Å². The molecule has 0 saturated heterocycles. The molecule has 0 aliphatic rings. The lowest BCUT2D eigenvalue weighted by molar-refractivity contribution is -0.386. The van der Waals surface area contributed by atoms with Crippen LogP contribution in [0.2, 0.25) is 5.02 Å². The fraction of sp³-hybridized carbons (Fsp3) is 0.200. The van der Waals surface area contributed by atoms with E-state index in [0.717, 1.165) is 13.8 Å². The average molecular weight is 273 g/mol. The van der Waals surface area contributed by atoms with Crippen molar-refractivity contribution in [3.8, 4) is 5.75 Å². The molecule has 1 aromatic carbocycles. The van der Waals surface area contributed by atoms with Crippen LogP contribution in [0.3, 0.4) is 0 Å². The molecule has 0 aromatic heterocycles. The standard InChI is InChI=1S/C10H9ClN2O5/c1-3(14)5-7(11)8(12)6(4(2)15)10(16)9(5)13(17)18/h16H,12H2,1-2H3. The molecule has 96 valence electrons. The number of nitro groups is 1. The fourth-order valence-electron chi connectivity index (χ4n) is 1.57. The number of Topliss-reactive ketones (excluding diaryl/α,β-unsaturated/α-hetero) is 2. The van der Waals surface area contributed by atoms with Gasteiger partial charge in [0.1, 0.15) is 5.56 Å². The number of nitrogens with zero attached hydrogens (tertiary/aromatic N) is 1. The Kier molecular flexibility index (Phi) is 3.57. The highest BCUT2D eigenvalue weighted by atomic mass is 35.5. The average Bonchev–Trinajstić information content (AvgIpc) is 2.21. The minimum atomic E-state index is -0.982. The van der Waals surface area contributed by atoms with Gasteiger partial charge in [0.05, 0.1) is 21.2 Å². The molecule has 18 heavy (non-hydrogen) atoms. The van der Waals surface area contributed by atoms with Gasteiger partial charge in [-0.1, -0.05) is 11.6 Å². The molecule has 0 amide bonds. The molecule has 0 bridgehead atoms. The van der Waals surface area contributed by atoms with Gasteiger partial charge in [-0.25, -0.2) is 0 Å². The van der Waals surface area contributed by atoms with E-state index in [1.54, 1.807) is 0 Å². The topological polar surface area (TPSA) is 124 Å². The van der Waals surface area contributed by atoms with Gasteiger partial charge < -0.3 is 10.8 Å². The van der Waals surface area contributed by atoms with Crippen molar-refractivity contribution in [2.45, 2.75) is 13.8 Å². The van der Waals surface area contributed by atoms with Crippen molar-refractivity contribution in [1.29, 1.82) is 0 Å². The second kappa shape index (κ2) is 4.61. The third-order valence-corrected chi connectivity index (χ3v) is 2.70. The third-order valence-electron chi connectivity index (χ3n) is 2.31. The SMILES string of the molecule is CC(=O)c1c(N)c(Cl)c(C(C)=O)c([N+](=O)[O-])c1O. The summed E-state index contributed by atoms with van der Waals surface area (Å²) in [5.74, 6) is -2.37. The van der Waals surface area contributed by atoms with Crippen molar-refractivity contribution in [1.82, 2.24) is 0 Å². The molecule has 0 atom stereocenters. The maximum absolute atomic E-state index is 11.3. The quantitative estimate of drug-likeness (QED) is 0.375. The zero-order valence-electron chi connectivity index (χ0n) is 9.48. The van der Waals surface area contributed by atoms with E-state index >= 15 is 0 Å². The number of nitro benzene ring substituents is 1. The number of phenolic OH excluding ortho intramolecular Hbond substituents is 1. The zero-order valence-corrected chi connectivity index (χ0v) is 10.2. The van der Waals surface area contributed by atoms with E-state index in [9.17, 15) is 24.8 Å². The highest BCUT2D eigenvalue weighted by molar-refractivity contribution is 6.38. The summed E-state index contributed by atoms with van der Waals surface area (Å²) in [6.07, 6.45) is 0. The number of benzene rings is 1. The van der Waals surface area contributed by atoms with Gasteiger partial charge in [-0.2, -0.15) is 0 Å². The first-order valence-electron chi connectivity index (χ1n) is 4.70. The Hall–Kier alpha value is -2.15. The summed E-state index contributed by atoms with van der Waals surface area (Å²) >= 11 is 5.75. The Bertz CT molecular complexity index is 582. The predicted octanol–water partition coefficient (Wildman–Crippen LogP) is 1.94. The van der Waals surface area contributed by atoms with Gasteiger partial charge >= 0.3 is 5.69 Å². The number of anilines is 1. The Labute approximate surface area is 106 Å². The second-order valence-electron chi connectivity index (χ2n) is 3.54. The summed E-state index contributed by atoms with van der Waals surface area (Å²) in [4.78, 5) is 32.5. The smallest absolute Gasteiger partial charge is 0.323 e. The number of rotatable bonds is 3. The van der Waals surface area contributed by atoms with Gasteiger partial charge in [-0.05, 0) is 13.8 Å². The van der Waals surface area contributed by atoms with Crippen LogP contribution in [0.25, 0.3) is 0 Å². The number of carbonyl (C=O) groups excluding carboxylic acids is 2. The van der Waals surface area contributed by atoms with Crippen LogP contribution in [-0.4, -0.2) is 21.6 Å². The molecular weight excluding hydrogens is 264 g/mol. The van der Waals surface area contributed by atoms with Gasteiger partial charge in [0, 0.05) is 0 Å². The molecule has 8 heteroatoms. The van der Waals surface area contributed by atoms with Crippen molar-refractivity contribution in [3.05, 3.63) is 26.3 Å². The van der Waals surface area contributed by atoms with Crippen molar-refractivity contribution in [3.63, 3.8) is 0 Å². The van der Waals surface area contributed by atoms with Crippen LogP contribution in [0.4, 0.5) is 11.4 Å². The Morgan fingerprint density at radius 1 is 1.28 bits per heavy atom. The van der Waals surface area contributed by atoms with Gasteiger partial charge in [0.25, 0.3) is 0 Å². The van der Waals surface area contributed by atoms with Gasteiger partial charge in [0.2, 0.25) is 5.75 Å². The number of hydrogen-bond donors (Lipinski definition) is 2. The summed E-state index contributed by atoms with van der Waals surface area (Å²) < 4.78 is 0. The molecule has 0 heterocycles. The fourth-order valence-corrected chi connectivity index (χ4v) is 1.89. The number of ketones is 2. The maximum atomic E-state index is 11.3. The van der Waals surface area contributed by atoms with Crippen molar-refractivity contribution in [2.75, 3.05) is 5.73 Å². The van der Waals surface area contributed by atoms with Crippen LogP contribution in [-0.2, 0) is 0 Å². The van der Waals surface area contributed by atoms with Crippen LogP contribution in [0.5, 0.6) is 5.75 Å². The van der Waals surface area contributed by atoms with Crippen LogP contribution >= 0.6 is 11.6 Å². The first kappa shape index (κ1) is 13.9. The van der Waals surface area contributed by atoms with E-state index in [4.69, 9.17) is 17.3 Å².